The molecule has 0 atom stereocenters. The highest BCUT2D eigenvalue weighted by Gasteiger charge is 2.27. The number of rotatable bonds is 7. The van der Waals surface area contributed by atoms with Crippen molar-refractivity contribution >= 4 is 21.4 Å². The molecular weight excluding hydrogens is 306 g/mol. The average Bonchev–Trinajstić information content (AvgIpc) is 3.00. The minimum absolute atomic E-state index is 0.172. The third-order valence-electron chi connectivity index (χ3n) is 2.93. The number of para-hydroxylation sites is 1. The van der Waals surface area contributed by atoms with E-state index in [-0.39, 0.29) is 11.4 Å². The van der Waals surface area contributed by atoms with E-state index in [4.69, 9.17) is 4.74 Å². The zero-order chi connectivity index (χ0) is 15.3. The van der Waals surface area contributed by atoms with E-state index in [0.717, 1.165) is 4.88 Å². The van der Waals surface area contributed by atoms with Crippen LogP contribution in [0.15, 0.2) is 59.3 Å². The maximum absolute atomic E-state index is 12.8. The molecule has 0 spiro atoms. The lowest BCUT2D eigenvalue weighted by molar-refractivity contribution is 0.395. The van der Waals surface area contributed by atoms with Gasteiger partial charge < -0.3 is 4.74 Å². The van der Waals surface area contributed by atoms with Gasteiger partial charge in [-0.15, -0.1) is 17.9 Å². The first kappa shape index (κ1) is 15.8. The monoisotopic (exact) mass is 323 g/mol. The predicted molar refractivity (Wildman–Crippen MR) is 85.1 cm³/mol. The van der Waals surface area contributed by atoms with Crippen LogP contribution in [0.25, 0.3) is 0 Å². The number of thiophene rings is 1. The van der Waals surface area contributed by atoms with Gasteiger partial charge in [-0.1, -0.05) is 24.3 Å². The van der Waals surface area contributed by atoms with Gasteiger partial charge in [-0.2, -0.15) is 4.31 Å². The maximum Gasteiger partial charge on any atom is 0.247 e. The molecular formula is C15H17NO3S2. The highest BCUT2D eigenvalue weighted by Crippen LogP contribution is 2.27. The largest absolute Gasteiger partial charge is 0.495 e. The number of hydrogen-bond acceptors (Lipinski definition) is 4. The summed E-state index contributed by atoms with van der Waals surface area (Å²) in [5.41, 5.74) is 0. The van der Waals surface area contributed by atoms with E-state index in [1.54, 1.807) is 30.3 Å². The summed E-state index contributed by atoms with van der Waals surface area (Å²) >= 11 is 1.53. The van der Waals surface area contributed by atoms with E-state index in [1.807, 2.05) is 17.5 Å². The van der Waals surface area contributed by atoms with Crippen LogP contribution in [0.4, 0.5) is 0 Å². The molecule has 112 valence electrons. The summed E-state index contributed by atoms with van der Waals surface area (Å²) in [5, 5.41) is 1.93. The Labute approximate surface area is 129 Å². The lowest BCUT2D eigenvalue weighted by Crippen LogP contribution is -2.30. The molecule has 0 aliphatic rings. The fourth-order valence-electron chi connectivity index (χ4n) is 1.94. The van der Waals surface area contributed by atoms with E-state index in [9.17, 15) is 8.42 Å². The first-order chi connectivity index (χ1) is 10.1. The van der Waals surface area contributed by atoms with Crippen molar-refractivity contribution in [2.75, 3.05) is 13.7 Å². The SMILES string of the molecule is C=CCN(Cc1cccs1)S(=O)(=O)c1ccccc1OC. The van der Waals surface area contributed by atoms with Crippen molar-refractivity contribution in [1.82, 2.24) is 4.31 Å². The zero-order valence-electron chi connectivity index (χ0n) is 11.7. The third-order valence-corrected chi connectivity index (χ3v) is 5.64. The summed E-state index contributed by atoms with van der Waals surface area (Å²) in [6.07, 6.45) is 1.58. The number of benzene rings is 1. The highest BCUT2D eigenvalue weighted by atomic mass is 32.2. The van der Waals surface area contributed by atoms with Crippen LogP contribution in [0.5, 0.6) is 5.75 Å². The van der Waals surface area contributed by atoms with Crippen LogP contribution in [-0.2, 0) is 16.6 Å². The Kier molecular flexibility index (Phi) is 5.17. The van der Waals surface area contributed by atoms with Crippen molar-refractivity contribution in [2.45, 2.75) is 11.4 Å². The van der Waals surface area contributed by atoms with Crippen LogP contribution in [-0.4, -0.2) is 26.4 Å². The quantitative estimate of drug-likeness (QED) is 0.736. The molecule has 21 heavy (non-hydrogen) atoms. The van der Waals surface area contributed by atoms with Gasteiger partial charge in [-0.25, -0.2) is 8.42 Å². The third kappa shape index (κ3) is 3.53. The number of methoxy groups -OCH3 is 1. The summed E-state index contributed by atoms with van der Waals surface area (Å²) in [5.74, 6) is 0.345. The van der Waals surface area contributed by atoms with Gasteiger partial charge in [0.2, 0.25) is 10.0 Å². The van der Waals surface area contributed by atoms with Crippen LogP contribution in [0.3, 0.4) is 0 Å². The molecule has 0 bridgehead atoms. The van der Waals surface area contributed by atoms with Crippen molar-refractivity contribution in [3.05, 3.63) is 59.3 Å². The van der Waals surface area contributed by atoms with E-state index >= 15 is 0 Å². The van der Waals surface area contributed by atoms with E-state index < -0.39 is 10.0 Å². The Balaban J connectivity index is 2.39. The van der Waals surface area contributed by atoms with Gasteiger partial charge in [0.25, 0.3) is 0 Å². The van der Waals surface area contributed by atoms with Crippen LogP contribution < -0.4 is 4.74 Å². The fourth-order valence-corrected chi connectivity index (χ4v) is 4.29. The normalized spacial score (nSPS) is 11.5. The molecule has 0 unspecified atom stereocenters. The lowest BCUT2D eigenvalue weighted by Gasteiger charge is -2.21. The molecule has 0 aliphatic carbocycles. The molecule has 0 radical (unpaired) electrons. The van der Waals surface area contributed by atoms with Gasteiger partial charge in [0, 0.05) is 18.0 Å². The van der Waals surface area contributed by atoms with Crippen molar-refractivity contribution in [3.63, 3.8) is 0 Å². The molecule has 0 fully saturated rings. The fraction of sp³-hybridized carbons (Fsp3) is 0.200. The van der Waals surface area contributed by atoms with Crippen LogP contribution in [0.2, 0.25) is 0 Å². The molecule has 0 N–H and O–H groups in total. The Morgan fingerprint density at radius 3 is 2.67 bits per heavy atom. The Morgan fingerprint density at radius 2 is 2.05 bits per heavy atom. The smallest absolute Gasteiger partial charge is 0.247 e. The number of hydrogen-bond donors (Lipinski definition) is 0. The highest BCUT2D eigenvalue weighted by molar-refractivity contribution is 7.89. The van der Waals surface area contributed by atoms with Gasteiger partial charge in [-0.05, 0) is 23.6 Å². The van der Waals surface area contributed by atoms with Gasteiger partial charge in [0.15, 0.2) is 0 Å². The van der Waals surface area contributed by atoms with Gasteiger partial charge >= 0.3 is 0 Å². The first-order valence-corrected chi connectivity index (χ1v) is 8.68. The van der Waals surface area contributed by atoms with Gasteiger partial charge in [0.05, 0.1) is 7.11 Å². The Morgan fingerprint density at radius 1 is 1.29 bits per heavy atom. The number of sulfonamides is 1. The molecule has 1 aromatic carbocycles. The molecule has 1 heterocycles. The second-order valence-electron chi connectivity index (χ2n) is 4.32. The Hall–Kier alpha value is -1.63. The molecule has 2 rings (SSSR count). The minimum Gasteiger partial charge on any atom is -0.495 e. The van der Waals surface area contributed by atoms with Gasteiger partial charge in [-0.3, -0.25) is 0 Å². The summed E-state index contributed by atoms with van der Waals surface area (Å²) in [7, 11) is -2.17. The zero-order valence-corrected chi connectivity index (χ0v) is 13.4. The van der Waals surface area contributed by atoms with E-state index in [0.29, 0.717) is 12.3 Å². The van der Waals surface area contributed by atoms with Crippen molar-refractivity contribution < 1.29 is 13.2 Å². The summed E-state index contributed by atoms with van der Waals surface area (Å²) < 4.78 is 32.2. The second-order valence-corrected chi connectivity index (χ2v) is 7.26. The summed E-state index contributed by atoms with van der Waals surface area (Å²) in [4.78, 5) is 1.15. The van der Waals surface area contributed by atoms with Crippen molar-refractivity contribution in [1.29, 1.82) is 0 Å². The summed E-state index contributed by atoms with van der Waals surface area (Å²) in [6.45, 7) is 4.22. The molecule has 0 aliphatic heterocycles. The molecule has 2 aromatic rings. The number of nitrogens with zero attached hydrogens (tertiary/aromatic N) is 1. The van der Waals surface area contributed by atoms with E-state index in [1.165, 1.54) is 22.8 Å². The minimum atomic E-state index is -3.64. The Bertz CT molecular complexity index is 693. The predicted octanol–water partition coefficient (Wildman–Crippen LogP) is 3.13. The van der Waals surface area contributed by atoms with Crippen LogP contribution in [0.1, 0.15) is 4.88 Å². The van der Waals surface area contributed by atoms with Crippen LogP contribution in [0, 0.1) is 0 Å². The standard InChI is InChI=1S/C15H17NO3S2/c1-3-10-16(12-13-7-6-11-20-13)21(17,18)15-9-5-4-8-14(15)19-2/h3-9,11H,1,10,12H2,2H3. The maximum atomic E-state index is 12.8. The van der Waals surface area contributed by atoms with E-state index in [2.05, 4.69) is 6.58 Å². The molecule has 4 nitrogen and oxygen atoms in total. The first-order valence-electron chi connectivity index (χ1n) is 6.36. The average molecular weight is 323 g/mol. The molecule has 1 aromatic heterocycles. The summed E-state index contributed by atoms with van der Waals surface area (Å²) in [6, 6.07) is 10.4. The van der Waals surface area contributed by atoms with Crippen molar-refractivity contribution in [3.8, 4) is 5.75 Å². The van der Waals surface area contributed by atoms with Crippen LogP contribution >= 0.6 is 11.3 Å². The van der Waals surface area contributed by atoms with Gasteiger partial charge in [0.1, 0.15) is 10.6 Å². The molecule has 0 amide bonds. The van der Waals surface area contributed by atoms with Crippen molar-refractivity contribution in [2.24, 2.45) is 0 Å². The topological polar surface area (TPSA) is 46.6 Å². The molecule has 0 saturated carbocycles. The number of ether oxygens (including phenoxy) is 1. The molecule has 6 heteroatoms. The molecule has 0 saturated heterocycles. The lowest BCUT2D eigenvalue weighted by atomic mass is 10.3. The second kappa shape index (κ2) is 6.89.